The number of phenolic OH excluding ortho intramolecular Hbond substituents is 2. The Labute approximate surface area is 214 Å². The fraction of sp³-hybridized carbons (Fsp3) is 0.379. The molecule has 0 radical (unpaired) electrons. The minimum atomic E-state index is -1.51. The quantitative estimate of drug-likeness (QED) is 0.0785. The lowest BCUT2D eigenvalue weighted by Gasteiger charge is -2.17. The number of phenols is 2. The zero-order valence-corrected chi connectivity index (χ0v) is 21.0. The molecule has 0 unspecified atom stereocenters. The minimum absolute atomic E-state index is 0.0445. The molecule has 5 N–H and O–H groups in total. The molecule has 0 aliphatic rings. The number of aliphatic hydroxyl groups excluding tert-OH is 1. The summed E-state index contributed by atoms with van der Waals surface area (Å²) in [6, 6.07) is 2.04. The van der Waals surface area contributed by atoms with Crippen LogP contribution in [0.3, 0.4) is 0 Å². The summed E-state index contributed by atoms with van der Waals surface area (Å²) < 4.78 is 4.71. The van der Waals surface area contributed by atoms with Crippen LogP contribution in [-0.2, 0) is 14.3 Å². The molecule has 2 atom stereocenters. The average molecular weight is 498 g/mol. The van der Waals surface area contributed by atoms with Crippen molar-refractivity contribution in [3.05, 3.63) is 84.5 Å². The second kappa shape index (κ2) is 18.9. The van der Waals surface area contributed by atoms with Gasteiger partial charge in [0, 0.05) is 6.42 Å². The molecule has 1 aromatic carbocycles. The molecule has 0 amide bonds. The zero-order chi connectivity index (χ0) is 26.6. The van der Waals surface area contributed by atoms with Gasteiger partial charge < -0.3 is 25.8 Å². The molecule has 1 rings (SSSR count). The van der Waals surface area contributed by atoms with Crippen LogP contribution in [0.1, 0.15) is 70.0 Å². The highest BCUT2D eigenvalue weighted by atomic mass is 16.6. The van der Waals surface area contributed by atoms with Crippen LogP contribution in [0.2, 0.25) is 0 Å². The Morgan fingerprint density at radius 3 is 1.92 bits per heavy atom. The minimum Gasteiger partial charge on any atom is -0.504 e. The number of nitrogens with two attached hydrogens (primary N) is 1. The van der Waals surface area contributed by atoms with E-state index in [0.717, 1.165) is 44.2 Å². The van der Waals surface area contributed by atoms with Gasteiger partial charge >= 0.3 is 11.9 Å². The smallest absolute Gasteiger partial charge is 0.333 e. The van der Waals surface area contributed by atoms with Crippen LogP contribution in [0.5, 0.6) is 11.5 Å². The van der Waals surface area contributed by atoms with Crippen LogP contribution in [0, 0.1) is 0 Å². The van der Waals surface area contributed by atoms with Crippen LogP contribution in [0.4, 0.5) is 0 Å². The van der Waals surface area contributed by atoms with Crippen molar-refractivity contribution >= 4 is 11.9 Å². The van der Waals surface area contributed by atoms with Gasteiger partial charge in [-0.05, 0) is 62.6 Å². The topological polar surface area (TPSA) is 130 Å². The Morgan fingerprint density at radius 1 is 0.861 bits per heavy atom. The first-order chi connectivity index (χ1) is 17.4. The summed E-state index contributed by atoms with van der Waals surface area (Å²) in [5.41, 5.74) is 5.79. The number of allylic oxidation sites excluding steroid dienone is 10. The van der Waals surface area contributed by atoms with E-state index in [1.54, 1.807) is 0 Å². The molecular formula is C29H39NO6. The Kier molecular flexibility index (Phi) is 16.0. The number of rotatable bonds is 16. The molecule has 7 nitrogen and oxygen atoms in total. The van der Waals surface area contributed by atoms with Gasteiger partial charge in [-0.3, -0.25) is 4.79 Å². The van der Waals surface area contributed by atoms with Gasteiger partial charge in [0.1, 0.15) is 12.1 Å². The molecule has 0 aromatic heterocycles. The van der Waals surface area contributed by atoms with E-state index in [1.807, 2.05) is 12.2 Å². The van der Waals surface area contributed by atoms with E-state index >= 15 is 0 Å². The first kappa shape index (κ1) is 30.6. The van der Waals surface area contributed by atoms with E-state index in [0.29, 0.717) is 12.8 Å². The Hall–Kier alpha value is -3.42. The van der Waals surface area contributed by atoms with Crippen LogP contribution in [-0.4, -0.2) is 33.3 Å². The predicted molar refractivity (Wildman–Crippen MR) is 142 cm³/mol. The third kappa shape index (κ3) is 13.5. The van der Waals surface area contributed by atoms with Gasteiger partial charge in [-0.1, -0.05) is 73.8 Å². The lowest BCUT2D eigenvalue weighted by molar-refractivity contribution is -0.162. The number of unbranched alkanes of at least 4 members (excludes halogenated alkanes) is 1. The zero-order valence-electron chi connectivity index (χ0n) is 21.0. The molecular weight excluding hydrogens is 458 g/mol. The van der Waals surface area contributed by atoms with Gasteiger partial charge in [0.2, 0.25) is 0 Å². The number of hydrogen-bond donors (Lipinski definition) is 4. The molecule has 0 saturated carbocycles. The van der Waals surface area contributed by atoms with Gasteiger partial charge in [-0.2, -0.15) is 0 Å². The number of hydrogen-bond acceptors (Lipinski definition) is 7. The van der Waals surface area contributed by atoms with E-state index in [1.165, 1.54) is 6.07 Å². The van der Waals surface area contributed by atoms with Gasteiger partial charge in [0.25, 0.3) is 0 Å². The van der Waals surface area contributed by atoms with Crippen molar-refractivity contribution in [1.82, 2.24) is 0 Å². The molecule has 0 aliphatic carbocycles. The third-order valence-corrected chi connectivity index (χ3v) is 5.08. The molecule has 0 spiro atoms. The monoisotopic (exact) mass is 497 g/mol. The molecule has 0 aliphatic heterocycles. The largest absolute Gasteiger partial charge is 0.504 e. The summed E-state index contributed by atoms with van der Waals surface area (Å²) >= 11 is 0. The number of carbonyl (C=O) groups excluding carboxylic acids is 2. The number of carbonyl (C=O) groups is 2. The van der Waals surface area contributed by atoms with Crippen LogP contribution < -0.4 is 5.73 Å². The average Bonchev–Trinajstić information content (AvgIpc) is 2.86. The highest BCUT2D eigenvalue weighted by Gasteiger charge is 2.28. The van der Waals surface area contributed by atoms with Crippen molar-refractivity contribution in [2.45, 2.75) is 70.4 Å². The Balaban J connectivity index is 2.17. The maximum Gasteiger partial charge on any atom is 0.333 e. The summed E-state index contributed by atoms with van der Waals surface area (Å²) in [6.45, 7) is 2.13. The maximum atomic E-state index is 12.0. The number of aliphatic hydroxyl groups is 1. The summed E-state index contributed by atoms with van der Waals surface area (Å²) in [5.74, 6) is -2.61. The van der Waals surface area contributed by atoms with Crippen molar-refractivity contribution in [2.24, 2.45) is 5.73 Å². The van der Waals surface area contributed by atoms with E-state index < -0.39 is 29.8 Å². The van der Waals surface area contributed by atoms with Gasteiger partial charge in [0.15, 0.2) is 11.5 Å². The van der Waals surface area contributed by atoms with Crippen LogP contribution in [0.25, 0.3) is 0 Å². The normalized spacial score (nSPS) is 14.0. The van der Waals surface area contributed by atoms with Crippen LogP contribution >= 0.6 is 0 Å². The van der Waals surface area contributed by atoms with Crippen molar-refractivity contribution in [3.8, 4) is 11.5 Å². The summed E-state index contributed by atoms with van der Waals surface area (Å²) in [7, 11) is 0. The number of benzene rings is 1. The second-order valence-corrected chi connectivity index (χ2v) is 8.11. The van der Waals surface area contributed by atoms with Crippen molar-refractivity contribution < 1.29 is 29.6 Å². The number of aromatic hydroxyl groups is 2. The highest BCUT2D eigenvalue weighted by Crippen LogP contribution is 2.28. The first-order valence-corrected chi connectivity index (χ1v) is 12.3. The van der Waals surface area contributed by atoms with Gasteiger partial charge in [-0.15, -0.1) is 0 Å². The SMILES string of the molecule is CC/C=C\C/C=C\C/C=C\C/C=C\C/C=C\CCCC(=O)OC(=O)[C@@H](N)[C@H](O)c1ccc(O)c(O)c1. The standard InChI is InChI=1S/C29H39NO6/c1-2-3-4-5-6-7-8-9-10-11-12-13-14-15-16-17-18-19-26(33)36-29(35)27(30)28(34)23-20-21-24(31)25(32)22-23/h3-4,6-7,9-10,12-13,15-16,20-22,27-28,31-32,34H,2,5,8,11,14,17-19,30H2,1H3/b4-3-,7-6-,10-9-,13-12-,16-15-/t27-,28+/m0/s1. The molecule has 36 heavy (non-hydrogen) atoms. The van der Waals surface area contributed by atoms with Crippen molar-refractivity contribution in [1.29, 1.82) is 0 Å². The predicted octanol–water partition coefficient (Wildman–Crippen LogP) is 5.45. The molecule has 0 heterocycles. The van der Waals surface area contributed by atoms with Gasteiger partial charge in [0.05, 0.1) is 0 Å². The maximum absolute atomic E-state index is 12.0. The van der Waals surface area contributed by atoms with E-state index in [9.17, 15) is 24.9 Å². The fourth-order valence-corrected chi connectivity index (χ4v) is 3.02. The molecule has 0 bridgehead atoms. The van der Waals surface area contributed by atoms with E-state index in [2.05, 4.69) is 55.5 Å². The lowest BCUT2D eigenvalue weighted by atomic mass is 10.0. The third-order valence-electron chi connectivity index (χ3n) is 5.08. The molecule has 0 saturated heterocycles. The molecule has 7 heteroatoms. The summed E-state index contributed by atoms with van der Waals surface area (Å²) in [4.78, 5) is 23.9. The number of esters is 2. The number of ether oxygens (including phenoxy) is 1. The van der Waals surface area contributed by atoms with E-state index in [-0.39, 0.29) is 17.7 Å². The molecule has 1 aromatic rings. The van der Waals surface area contributed by atoms with E-state index in [4.69, 9.17) is 10.5 Å². The molecule has 0 fully saturated rings. The Bertz CT molecular complexity index is 945. The second-order valence-electron chi connectivity index (χ2n) is 8.11. The van der Waals surface area contributed by atoms with Crippen molar-refractivity contribution in [2.75, 3.05) is 0 Å². The summed E-state index contributed by atoms with van der Waals surface area (Å²) in [6.07, 6.45) is 25.6. The molecule has 196 valence electrons. The van der Waals surface area contributed by atoms with Gasteiger partial charge in [-0.25, -0.2) is 4.79 Å². The fourth-order valence-electron chi connectivity index (χ4n) is 3.02. The van der Waals surface area contributed by atoms with Crippen molar-refractivity contribution in [3.63, 3.8) is 0 Å². The van der Waals surface area contributed by atoms with Crippen LogP contribution in [0.15, 0.2) is 79.0 Å². The highest BCUT2D eigenvalue weighted by molar-refractivity contribution is 5.88. The first-order valence-electron chi connectivity index (χ1n) is 12.3. The summed E-state index contributed by atoms with van der Waals surface area (Å²) in [5, 5.41) is 29.0. The Morgan fingerprint density at radius 2 is 1.39 bits per heavy atom. The lowest BCUT2D eigenvalue weighted by Crippen LogP contribution is -2.39.